The second kappa shape index (κ2) is 3.71. The van der Waals surface area contributed by atoms with Crippen LogP contribution in [0.5, 0.6) is 0 Å². The second-order valence-corrected chi connectivity index (χ2v) is 5.16. The van der Waals surface area contributed by atoms with Crippen LogP contribution in [0.3, 0.4) is 0 Å². The molecule has 1 aromatic heterocycles. The topological polar surface area (TPSA) is 27.3 Å². The van der Waals surface area contributed by atoms with Crippen molar-refractivity contribution in [2.24, 2.45) is 0 Å². The Morgan fingerprint density at radius 3 is 3.12 bits per heavy atom. The normalized spacial score (nSPS) is 20.1. The molecule has 0 bridgehead atoms. The van der Waals surface area contributed by atoms with Gasteiger partial charge in [-0.25, -0.2) is 9.47 Å². The highest BCUT2D eigenvalue weighted by Gasteiger charge is 2.32. The summed E-state index contributed by atoms with van der Waals surface area (Å²) in [6, 6.07) is 8.39. The lowest BCUT2D eigenvalue weighted by Gasteiger charge is -2.23. The summed E-state index contributed by atoms with van der Waals surface area (Å²) in [5.74, 6) is 0. The first-order valence-electron chi connectivity index (χ1n) is 5.64. The van der Waals surface area contributed by atoms with Crippen LogP contribution in [0.2, 0.25) is 0 Å². The van der Waals surface area contributed by atoms with Crippen LogP contribution in [0.15, 0.2) is 24.3 Å². The number of aliphatic hydroxyl groups is 1. The number of para-hydroxylation sites is 1. The Morgan fingerprint density at radius 1 is 1.50 bits per heavy atom. The molecule has 0 spiro atoms. The first kappa shape index (κ1) is 10.1. The molecule has 0 saturated carbocycles. The molecular weight excluding hydrogens is 220 g/mol. The van der Waals surface area contributed by atoms with Gasteiger partial charge in [-0.15, -0.1) is 0 Å². The van der Waals surface area contributed by atoms with E-state index in [1.54, 1.807) is 0 Å². The number of benzene rings is 1. The highest BCUT2D eigenvalue weighted by molar-refractivity contribution is 7.21. The Balaban J connectivity index is 2.22. The summed E-state index contributed by atoms with van der Waals surface area (Å²) in [6.07, 6.45) is -0.254. The van der Waals surface area contributed by atoms with Crippen molar-refractivity contribution in [3.63, 3.8) is 0 Å². The molecule has 3 rings (SSSR count). The number of hydrogen-bond acceptors (Lipinski definition) is 3. The fraction of sp³-hybridized carbons (Fsp3) is 0.417. The zero-order valence-corrected chi connectivity index (χ0v) is 10.1. The molecule has 16 heavy (non-hydrogen) atoms. The van der Waals surface area contributed by atoms with E-state index in [9.17, 15) is 5.11 Å². The van der Waals surface area contributed by atoms with Crippen molar-refractivity contribution in [2.45, 2.75) is 19.6 Å². The number of rotatable bonds is 1. The van der Waals surface area contributed by atoms with Gasteiger partial charge < -0.3 is 5.11 Å². The summed E-state index contributed by atoms with van der Waals surface area (Å²) in [4.78, 5) is 2.25. The molecule has 1 N–H and O–H groups in total. The van der Waals surface area contributed by atoms with Gasteiger partial charge in [0, 0.05) is 0 Å². The highest BCUT2D eigenvalue weighted by atomic mass is 32.1. The van der Waals surface area contributed by atoms with Crippen LogP contribution in [0.25, 0.3) is 10.2 Å². The van der Waals surface area contributed by atoms with E-state index in [-0.39, 0.29) is 6.10 Å². The van der Waals surface area contributed by atoms with Crippen LogP contribution in [0, 0.1) is 0 Å². The average Bonchev–Trinajstić information content (AvgIpc) is 2.67. The van der Waals surface area contributed by atoms with Gasteiger partial charge in [0.05, 0.1) is 11.2 Å². The smallest absolute Gasteiger partial charge is 0.337 e. The molecule has 0 aliphatic carbocycles. The monoisotopic (exact) mass is 235 g/mol. The third-order valence-corrected chi connectivity index (χ3v) is 4.29. The first-order valence-corrected chi connectivity index (χ1v) is 6.45. The lowest BCUT2D eigenvalue weighted by atomic mass is 10.2. The summed E-state index contributed by atoms with van der Waals surface area (Å²) in [5, 5.41) is 11.1. The fourth-order valence-electron chi connectivity index (χ4n) is 2.30. The Morgan fingerprint density at radius 2 is 2.31 bits per heavy atom. The van der Waals surface area contributed by atoms with E-state index in [4.69, 9.17) is 0 Å². The van der Waals surface area contributed by atoms with Crippen molar-refractivity contribution < 1.29 is 9.67 Å². The molecule has 0 fully saturated rings. The van der Waals surface area contributed by atoms with Crippen LogP contribution in [-0.2, 0) is 6.54 Å². The zero-order valence-electron chi connectivity index (χ0n) is 9.26. The number of aliphatic hydroxyl groups excluding tert-OH is 1. The van der Waals surface area contributed by atoms with Crippen LogP contribution < -0.4 is 9.47 Å². The van der Waals surface area contributed by atoms with Crippen LogP contribution in [0.4, 0.5) is 5.13 Å². The number of fused-ring (bicyclic) bond motifs is 3. The van der Waals surface area contributed by atoms with Gasteiger partial charge in [-0.2, -0.15) is 0 Å². The maximum atomic E-state index is 9.88. The van der Waals surface area contributed by atoms with Gasteiger partial charge in [0.1, 0.15) is 24.7 Å². The fourth-order valence-corrected chi connectivity index (χ4v) is 3.54. The van der Waals surface area contributed by atoms with Crippen LogP contribution in [-0.4, -0.2) is 24.3 Å². The second-order valence-electron chi connectivity index (χ2n) is 4.16. The molecule has 4 heteroatoms. The van der Waals surface area contributed by atoms with Gasteiger partial charge in [-0.3, -0.25) is 0 Å². The molecule has 1 aliphatic heterocycles. The molecule has 3 nitrogen and oxygen atoms in total. The molecule has 1 atom stereocenters. The van der Waals surface area contributed by atoms with E-state index in [1.807, 2.05) is 11.3 Å². The first-order chi connectivity index (χ1) is 7.79. The molecule has 0 radical (unpaired) electrons. The summed E-state index contributed by atoms with van der Waals surface area (Å²) in [5.41, 5.74) is 1.24. The lowest BCUT2D eigenvalue weighted by molar-refractivity contribution is -0.667. The van der Waals surface area contributed by atoms with E-state index in [1.165, 1.54) is 15.3 Å². The number of likely N-dealkylation sites (N-methyl/N-ethyl adjacent to an activating group) is 1. The predicted octanol–water partition coefficient (Wildman–Crippen LogP) is 1.39. The zero-order chi connectivity index (χ0) is 11.1. The average molecular weight is 235 g/mol. The molecule has 84 valence electrons. The number of β-amino-alcohol motifs (C(OH)–C–C–N with tert-alkyl or cyclic N) is 1. The minimum absolute atomic E-state index is 0.254. The summed E-state index contributed by atoms with van der Waals surface area (Å²) < 4.78 is 3.53. The maximum Gasteiger partial charge on any atom is 0.337 e. The number of aromatic nitrogens is 1. The van der Waals surface area contributed by atoms with Crippen LogP contribution >= 0.6 is 11.3 Å². The van der Waals surface area contributed by atoms with Gasteiger partial charge in [-0.1, -0.05) is 12.1 Å². The van der Waals surface area contributed by atoms with Gasteiger partial charge in [0.2, 0.25) is 0 Å². The molecular formula is C12H15N2OS+. The van der Waals surface area contributed by atoms with Crippen molar-refractivity contribution in [1.82, 2.24) is 0 Å². The van der Waals surface area contributed by atoms with E-state index in [0.717, 1.165) is 19.6 Å². The minimum Gasteiger partial charge on any atom is -0.385 e. The van der Waals surface area contributed by atoms with E-state index in [2.05, 4.69) is 40.7 Å². The van der Waals surface area contributed by atoms with E-state index >= 15 is 0 Å². The molecule has 2 aromatic rings. The van der Waals surface area contributed by atoms with Gasteiger partial charge >= 0.3 is 5.13 Å². The quantitative estimate of drug-likeness (QED) is 0.756. The standard InChI is InChI=1S/C12H15N2OS/c1-2-13-7-9(15)8-14-10-5-3-4-6-11(10)16-12(13)14/h3-6,9,15H,2,7-8H2,1H3/q+1/t9-/m0/s1. The van der Waals surface area contributed by atoms with Crippen molar-refractivity contribution >= 4 is 26.7 Å². The third kappa shape index (κ3) is 1.41. The summed E-state index contributed by atoms with van der Waals surface area (Å²) >= 11 is 1.81. The molecule has 1 aromatic carbocycles. The number of hydrogen-bond donors (Lipinski definition) is 1. The third-order valence-electron chi connectivity index (χ3n) is 3.06. The minimum atomic E-state index is -0.254. The van der Waals surface area contributed by atoms with E-state index < -0.39 is 0 Å². The number of thiazole rings is 1. The molecule has 2 heterocycles. The molecule has 0 saturated heterocycles. The molecule has 0 unspecified atom stereocenters. The van der Waals surface area contributed by atoms with Gasteiger partial charge in [0.25, 0.3) is 0 Å². The van der Waals surface area contributed by atoms with Crippen molar-refractivity contribution in [3.8, 4) is 0 Å². The van der Waals surface area contributed by atoms with Crippen molar-refractivity contribution in [1.29, 1.82) is 0 Å². The SMILES string of the molecule is CCN1C[C@H](O)C[n+]2c1sc1ccccc12. The molecule has 1 aliphatic rings. The molecule has 0 amide bonds. The largest absolute Gasteiger partial charge is 0.385 e. The predicted molar refractivity (Wildman–Crippen MR) is 65.9 cm³/mol. The Bertz CT molecular complexity index is 523. The van der Waals surface area contributed by atoms with Gasteiger partial charge in [0.15, 0.2) is 0 Å². The van der Waals surface area contributed by atoms with E-state index in [0.29, 0.717) is 0 Å². The summed E-state index contributed by atoms with van der Waals surface area (Å²) in [6.45, 7) is 4.55. The summed E-state index contributed by atoms with van der Waals surface area (Å²) in [7, 11) is 0. The Kier molecular flexibility index (Phi) is 2.33. The van der Waals surface area contributed by atoms with Gasteiger partial charge in [-0.05, 0) is 30.4 Å². The number of anilines is 1. The van der Waals surface area contributed by atoms with Crippen molar-refractivity contribution in [3.05, 3.63) is 24.3 Å². The van der Waals surface area contributed by atoms with Crippen molar-refractivity contribution in [2.75, 3.05) is 18.0 Å². The lowest BCUT2D eigenvalue weighted by Crippen LogP contribution is -2.53. The van der Waals surface area contributed by atoms with Crippen LogP contribution in [0.1, 0.15) is 6.92 Å². The maximum absolute atomic E-state index is 9.88. The Hall–Kier alpha value is -1.13. The Labute approximate surface area is 98.6 Å². The number of nitrogens with zero attached hydrogens (tertiary/aromatic N) is 2. The highest BCUT2D eigenvalue weighted by Crippen LogP contribution is 2.29.